The van der Waals surface area contributed by atoms with Gasteiger partial charge in [0.1, 0.15) is 5.82 Å². The zero-order chi connectivity index (χ0) is 13.1. The van der Waals surface area contributed by atoms with Gasteiger partial charge >= 0.3 is 0 Å². The van der Waals surface area contributed by atoms with E-state index in [2.05, 4.69) is 20.2 Å². The highest BCUT2D eigenvalue weighted by Gasteiger charge is 2.33. The average Bonchev–Trinajstić information content (AvgIpc) is 2.26. The second kappa shape index (κ2) is 5.56. The Balaban J connectivity index is 1.90. The zero-order valence-electron chi connectivity index (χ0n) is 10.9. The van der Waals surface area contributed by atoms with Gasteiger partial charge < -0.3 is 10.2 Å². The van der Waals surface area contributed by atoms with E-state index in [1.54, 1.807) is 6.20 Å². The summed E-state index contributed by atoms with van der Waals surface area (Å²) in [6, 6.07) is 2.09. The summed E-state index contributed by atoms with van der Waals surface area (Å²) in [4.78, 5) is 22.4. The lowest BCUT2D eigenvalue weighted by Gasteiger charge is -2.39. The molecule has 0 saturated carbocycles. The third-order valence-corrected chi connectivity index (χ3v) is 3.37. The molecular weight excluding hydrogens is 248 g/mol. The Morgan fingerprint density at radius 2 is 2.28 bits per heavy atom. The molecule has 1 aromatic rings. The van der Waals surface area contributed by atoms with E-state index >= 15 is 0 Å². The summed E-state index contributed by atoms with van der Waals surface area (Å²) in [5.74, 6) is 1.13. The molecule has 1 aliphatic rings. The van der Waals surface area contributed by atoms with Gasteiger partial charge in [0.15, 0.2) is 5.16 Å². The molecule has 0 atom stereocenters. The highest BCUT2D eigenvalue weighted by molar-refractivity contribution is 7.98. The first kappa shape index (κ1) is 13.1. The van der Waals surface area contributed by atoms with Crippen molar-refractivity contribution in [3.05, 3.63) is 12.3 Å². The van der Waals surface area contributed by atoms with E-state index in [-0.39, 0.29) is 17.9 Å². The number of thioether (sulfide) groups is 1. The van der Waals surface area contributed by atoms with Crippen molar-refractivity contribution < 1.29 is 4.79 Å². The Kier molecular flexibility index (Phi) is 4.06. The van der Waals surface area contributed by atoms with Crippen LogP contribution < -0.4 is 10.2 Å². The lowest BCUT2D eigenvalue weighted by Crippen LogP contribution is -2.55. The molecule has 6 heteroatoms. The third kappa shape index (κ3) is 2.93. The molecule has 5 nitrogen and oxygen atoms in total. The van der Waals surface area contributed by atoms with Crippen molar-refractivity contribution >= 4 is 23.5 Å². The Bertz CT molecular complexity index is 432. The summed E-state index contributed by atoms with van der Waals surface area (Å²) in [6.45, 7) is 5.43. The molecule has 0 spiro atoms. The minimum Gasteiger partial charge on any atom is -0.355 e. The Labute approximate surface area is 111 Å². The van der Waals surface area contributed by atoms with Crippen LogP contribution in [-0.4, -0.2) is 41.3 Å². The minimum absolute atomic E-state index is 0.0834. The standard InChI is InChI=1S/C12H18N4OS/c1-8(2)14-11(17)9-6-16(7-9)10-4-5-13-12(15-10)18-3/h4-5,8-9H,6-7H2,1-3H3,(H,14,17). The van der Waals surface area contributed by atoms with Gasteiger partial charge in [-0.3, -0.25) is 4.79 Å². The first-order valence-electron chi connectivity index (χ1n) is 6.02. The molecule has 98 valence electrons. The molecule has 1 fully saturated rings. The smallest absolute Gasteiger partial charge is 0.226 e. The first-order valence-corrected chi connectivity index (χ1v) is 7.25. The van der Waals surface area contributed by atoms with E-state index in [4.69, 9.17) is 0 Å². The summed E-state index contributed by atoms with van der Waals surface area (Å²) in [7, 11) is 0. The van der Waals surface area contributed by atoms with E-state index in [1.165, 1.54) is 11.8 Å². The van der Waals surface area contributed by atoms with Crippen LogP contribution in [0.1, 0.15) is 13.8 Å². The second-order valence-corrected chi connectivity index (χ2v) is 5.44. The van der Waals surface area contributed by atoms with Crippen LogP contribution in [-0.2, 0) is 4.79 Å². The molecule has 1 N–H and O–H groups in total. The van der Waals surface area contributed by atoms with Gasteiger partial charge in [0.25, 0.3) is 0 Å². The maximum absolute atomic E-state index is 11.8. The summed E-state index contributed by atoms with van der Waals surface area (Å²) in [6.07, 6.45) is 3.71. The van der Waals surface area contributed by atoms with Gasteiger partial charge in [-0.25, -0.2) is 9.97 Å². The number of hydrogen-bond acceptors (Lipinski definition) is 5. The number of amides is 1. The lowest BCUT2D eigenvalue weighted by atomic mass is 9.99. The van der Waals surface area contributed by atoms with Gasteiger partial charge in [0.05, 0.1) is 5.92 Å². The van der Waals surface area contributed by atoms with E-state index in [9.17, 15) is 4.79 Å². The summed E-state index contributed by atoms with van der Waals surface area (Å²) in [5, 5.41) is 3.70. The van der Waals surface area contributed by atoms with Gasteiger partial charge in [-0.15, -0.1) is 0 Å². The molecule has 18 heavy (non-hydrogen) atoms. The van der Waals surface area contributed by atoms with Crippen molar-refractivity contribution in [2.45, 2.75) is 25.0 Å². The van der Waals surface area contributed by atoms with Crippen LogP contribution in [0, 0.1) is 5.92 Å². The average molecular weight is 266 g/mol. The lowest BCUT2D eigenvalue weighted by molar-refractivity contribution is -0.126. The molecule has 0 aliphatic carbocycles. The second-order valence-electron chi connectivity index (χ2n) is 4.67. The third-order valence-electron chi connectivity index (χ3n) is 2.81. The minimum atomic E-state index is 0.0834. The van der Waals surface area contributed by atoms with E-state index in [0.29, 0.717) is 0 Å². The van der Waals surface area contributed by atoms with E-state index in [1.807, 2.05) is 26.2 Å². The number of nitrogens with zero attached hydrogens (tertiary/aromatic N) is 3. The van der Waals surface area contributed by atoms with Crippen molar-refractivity contribution in [3.63, 3.8) is 0 Å². The number of carbonyl (C=O) groups is 1. The van der Waals surface area contributed by atoms with Crippen molar-refractivity contribution in [3.8, 4) is 0 Å². The fourth-order valence-corrected chi connectivity index (χ4v) is 2.19. The predicted octanol–water partition coefficient (Wildman–Crippen LogP) is 1.16. The quantitative estimate of drug-likeness (QED) is 0.654. The first-order chi connectivity index (χ1) is 8.60. The number of nitrogens with one attached hydrogen (secondary N) is 1. The van der Waals surface area contributed by atoms with Crippen LogP contribution in [0.15, 0.2) is 17.4 Å². The molecule has 0 radical (unpaired) electrons. The molecule has 0 aromatic carbocycles. The summed E-state index contributed by atoms with van der Waals surface area (Å²) < 4.78 is 0. The maximum Gasteiger partial charge on any atom is 0.226 e. The molecule has 0 bridgehead atoms. The van der Waals surface area contributed by atoms with E-state index in [0.717, 1.165) is 24.1 Å². The summed E-state index contributed by atoms with van der Waals surface area (Å²) in [5.41, 5.74) is 0. The van der Waals surface area contributed by atoms with Crippen molar-refractivity contribution in [2.24, 2.45) is 5.92 Å². The molecule has 1 aliphatic heterocycles. The fraction of sp³-hybridized carbons (Fsp3) is 0.583. The fourth-order valence-electron chi connectivity index (χ4n) is 1.84. The van der Waals surface area contributed by atoms with E-state index < -0.39 is 0 Å². The highest BCUT2D eigenvalue weighted by atomic mass is 32.2. The molecule has 0 unspecified atom stereocenters. The predicted molar refractivity (Wildman–Crippen MR) is 72.8 cm³/mol. The highest BCUT2D eigenvalue weighted by Crippen LogP contribution is 2.23. The van der Waals surface area contributed by atoms with Crippen molar-refractivity contribution in [1.29, 1.82) is 0 Å². The largest absolute Gasteiger partial charge is 0.355 e. The summed E-state index contributed by atoms with van der Waals surface area (Å²) >= 11 is 1.52. The van der Waals surface area contributed by atoms with Crippen LogP contribution in [0.3, 0.4) is 0 Å². The molecule has 1 aromatic heterocycles. The van der Waals surface area contributed by atoms with Crippen molar-refractivity contribution in [1.82, 2.24) is 15.3 Å². The Morgan fingerprint density at radius 1 is 1.56 bits per heavy atom. The molecule has 1 saturated heterocycles. The topological polar surface area (TPSA) is 58.1 Å². The monoisotopic (exact) mass is 266 g/mol. The molecule has 2 heterocycles. The Hall–Kier alpha value is -1.30. The SMILES string of the molecule is CSc1nccc(N2CC(C(=O)NC(C)C)C2)n1. The number of carbonyl (C=O) groups excluding carboxylic acids is 1. The van der Waals surface area contributed by atoms with Gasteiger partial charge in [-0.05, 0) is 26.2 Å². The number of anilines is 1. The van der Waals surface area contributed by atoms with Gasteiger partial charge in [0, 0.05) is 25.3 Å². The maximum atomic E-state index is 11.8. The van der Waals surface area contributed by atoms with Gasteiger partial charge in [-0.2, -0.15) is 0 Å². The van der Waals surface area contributed by atoms with Gasteiger partial charge in [-0.1, -0.05) is 11.8 Å². The van der Waals surface area contributed by atoms with Crippen molar-refractivity contribution in [2.75, 3.05) is 24.2 Å². The number of rotatable bonds is 4. The van der Waals surface area contributed by atoms with Crippen LogP contribution in [0.25, 0.3) is 0 Å². The van der Waals surface area contributed by atoms with Crippen LogP contribution in [0.2, 0.25) is 0 Å². The van der Waals surface area contributed by atoms with Crippen LogP contribution in [0.5, 0.6) is 0 Å². The van der Waals surface area contributed by atoms with Crippen LogP contribution in [0.4, 0.5) is 5.82 Å². The molecule has 1 amide bonds. The Morgan fingerprint density at radius 3 is 2.89 bits per heavy atom. The van der Waals surface area contributed by atoms with Gasteiger partial charge in [0.2, 0.25) is 5.91 Å². The zero-order valence-corrected chi connectivity index (χ0v) is 11.7. The normalized spacial score (nSPS) is 15.7. The van der Waals surface area contributed by atoms with Crippen LogP contribution >= 0.6 is 11.8 Å². The number of hydrogen-bond donors (Lipinski definition) is 1. The number of aromatic nitrogens is 2. The molecule has 2 rings (SSSR count). The molecular formula is C12H18N4OS.